The first kappa shape index (κ1) is 19.6. The first-order chi connectivity index (χ1) is 14.2. The quantitative estimate of drug-likeness (QED) is 0.640. The zero-order valence-electron chi connectivity index (χ0n) is 16.2. The largest absolute Gasteiger partial charge is 0.371 e. The molecule has 1 fully saturated rings. The van der Waals surface area contributed by atoms with Gasteiger partial charge in [0.25, 0.3) is 0 Å². The molecule has 0 saturated carbocycles. The highest BCUT2D eigenvalue weighted by Crippen LogP contribution is 2.23. The van der Waals surface area contributed by atoms with E-state index in [2.05, 4.69) is 27.3 Å². The molecule has 1 aromatic heterocycles. The van der Waals surface area contributed by atoms with Gasteiger partial charge >= 0.3 is 0 Å². The average Bonchev–Trinajstić information content (AvgIpc) is 3.37. The van der Waals surface area contributed by atoms with Gasteiger partial charge in [-0.05, 0) is 42.2 Å². The van der Waals surface area contributed by atoms with Crippen LogP contribution < -0.4 is 10.2 Å². The zero-order valence-corrected chi connectivity index (χ0v) is 17.0. The number of anilines is 1. The molecule has 150 valence electrons. The maximum atomic E-state index is 13.1. The summed E-state index contributed by atoms with van der Waals surface area (Å²) in [7, 11) is 0. The summed E-state index contributed by atoms with van der Waals surface area (Å²) in [6.45, 7) is 2.47. The van der Waals surface area contributed by atoms with Gasteiger partial charge in [-0.2, -0.15) is 0 Å². The van der Waals surface area contributed by atoms with Crippen LogP contribution in [0.2, 0.25) is 0 Å². The number of carbonyl (C=O) groups is 1. The van der Waals surface area contributed by atoms with E-state index in [9.17, 15) is 9.18 Å². The number of amides is 1. The van der Waals surface area contributed by atoms with Crippen LogP contribution in [0.15, 0.2) is 60.0 Å². The summed E-state index contributed by atoms with van der Waals surface area (Å²) < 4.78 is 13.1. The van der Waals surface area contributed by atoms with Crippen LogP contribution in [0, 0.1) is 11.7 Å². The van der Waals surface area contributed by atoms with Gasteiger partial charge in [0.1, 0.15) is 5.82 Å². The summed E-state index contributed by atoms with van der Waals surface area (Å²) in [6, 6.07) is 16.8. The Hall–Kier alpha value is -2.73. The van der Waals surface area contributed by atoms with Crippen LogP contribution in [0.1, 0.15) is 22.7 Å². The molecule has 6 heteroatoms. The molecular weight excluding hydrogens is 385 g/mol. The Morgan fingerprint density at radius 3 is 2.76 bits per heavy atom. The van der Waals surface area contributed by atoms with Crippen LogP contribution in [-0.2, 0) is 17.6 Å². The van der Waals surface area contributed by atoms with E-state index in [4.69, 9.17) is 0 Å². The average molecular weight is 410 g/mol. The number of nitrogens with zero attached hydrogens (tertiary/aromatic N) is 2. The van der Waals surface area contributed by atoms with Crippen molar-refractivity contribution in [3.8, 4) is 0 Å². The second-order valence-electron chi connectivity index (χ2n) is 7.45. The predicted molar refractivity (Wildman–Crippen MR) is 115 cm³/mol. The Balaban J connectivity index is 1.22. The number of thiazole rings is 1. The number of nitrogens with one attached hydrogen (secondary N) is 1. The molecule has 0 spiro atoms. The Kier molecular flexibility index (Phi) is 6.20. The van der Waals surface area contributed by atoms with E-state index in [1.165, 1.54) is 17.7 Å². The molecule has 0 bridgehead atoms. The van der Waals surface area contributed by atoms with Crippen LogP contribution in [0.4, 0.5) is 10.1 Å². The number of benzene rings is 2. The second kappa shape index (κ2) is 9.18. The molecule has 4 nitrogen and oxygen atoms in total. The lowest BCUT2D eigenvalue weighted by Crippen LogP contribution is -2.32. The van der Waals surface area contributed by atoms with Crippen molar-refractivity contribution in [3.63, 3.8) is 0 Å². The van der Waals surface area contributed by atoms with Crippen molar-refractivity contribution in [2.75, 3.05) is 24.5 Å². The highest BCUT2D eigenvalue weighted by molar-refractivity contribution is 7.09. The van der Waals surface area contributed by atoms with Crippen LogP contribution in [0.5, 0.6) is 0 Å². The number of rotatable bonds is 7. The Bertz CT molecular complexity index is 942. The summed E-state index contributed by atoms with van der Waals surface area (Å²) in [4.78, 5) is 19.2. The van der Waals surface area contributed by atoms with Gasteiger partial charge in [0.2, 0.25) is 5.91 Å². The zero-order chi connectivity index (χ0) is 20.1. The van der Waals surface area contributed by atoms with Gasteiger partial charge in [-0.3, -0.25) is 4.79 Å². The predicted octanol–water partition coefficient (Wildman–Crippen LogP) is 4.06. The summed E-state index contributed by atoms with van der Waals surface area (Å²) in [6.07, 6.45) is 2.14. The third kappa shape index (κ3) is 5.41. The summed E-state index contributed by atoms with van der Waals surface area (Å²) in [5.74, 6) is 0.209. The lowest BCUT2D eigenvalue weighted by molar-refractivity contribution is -0.120. The molecule has 1 unspecified atom stereocenters. The summed E-state index contributed by atoms with van der Waals surface area (Å²) in [5, 5.41) is 6.06. The topological polar surface area (TPSA) is 45.2 Å². The maximum absolute atomic E-state index is 13.1. The van der Waals surface area contributed by atoms with Crippen molar-refractivity contribution in [3.05, 3.63) is 82.1 Å². The molecule has 1 atom stereocenters. The Labute approximate surface area is 174 Å². The maximum Gasteiger partial charge on any atom is 0.226 e. The highest BCUT2D eigenvalue weighted by atomic mass is 32.1. The van der Waals surface area contributed by atoms with E-state index in [-0.39, 0.29) is 11.7 Å². The number of carbonyl (C=O) groups excluding carboxylic acids is 1. The highest BCUT2D eigenvalue weighted by Gasteiger charge is 2.23. The van der Waals surface area contributed by atoms with Crippen molar-refractivity contribution in [2.24, 2.45) is 5.92 Å². The van der Waals surface area contributed by atoms with Gasteiger partial charge < -0.3 is 10.2 Å². The lowest BCUT2D eigenvalue weighted by atomic mass is 10.1. The number of hydrogen-bond acceptors (Lipinski definition) is 4. The molecule has 1 saturated heterocycles. The fourth-order valence-corrected chi connectivity index (χ4v) is 4.48. The minimum absolute atomic E-state index is 0.0155. The monoisotopic (exact) mass is 409 g/mol. The molecule has 0 radical (unpaired) electrons. The van der Waals surface area contributed by atoms with Crippen molar-refractivity contribution in [2.45, 2.75) is 19.3 Å². The number of halogens is 1. The van der Waals surface area contributed by atoms with Gasteiger partial charge in [0, 0.05) is 37.1 Å². The van der Waals surface area contributed by atoms with E-state index in [0.29, 0.717) is 18.9 Å². The minimum Gasteiger partial charge on any atom is -0.371 e. The van der Waals surface area contributed by atoms with Crippen molar-refractivity contribution >= 4 is 22.9 Å². The number of aromatic nitrogens is 1. The van der Waals surface area contributed by atoms with E-state index < -0.39 is 0 Å². The molecular formula is C23H24FN3OS. The van der Waals surface area contributed by atoms with Crippen LogP contribution in [-0.4, -0.2) is 30.5 Å². The first-order valence-electron chi connectivity index (χ1n) is 9.90. The summed E-state index contributed by atoms with van der Waals surface area (Å²) in [5.41, 5.74) is 3.09. The summed E-state index contributed by atoms with van der Waals surface area (Å²) >= 11 is 1.60. The molecule has 2 heterocycles. The lowest BCUT2D eigenvalue weighted by Gasteiger charge is -2.18. The standard InChI is InChI=1S/C23H24FN3OS/c24-19-6-8-21(9-7-19)27-11-10-18(15-27)14-25-22(28)13-20-16-29-23(26-20)12-17-4-2-1-3-5-17/h1-9,16,18H,10-15H2,(H,25,28). The van der Waals surface area contributed by atoms with E-state index in [0.717, 1.165) is 42.3 Å². The van der Waals surface area contributed by atoms with E-state index in [1.54, 1.807) is 11.3 Å². The molecule has 1 aliphatic heterocycles. The molecule has 3 aromatic rings. The molecule has 1 N–H and O–H groups in total. The van der Waals surface area contributed by atoms with Gasteiger partial charge in [-0.1, -0.05) is 30.3 Å². The molecule has 2 aromatic carbocycles. The van der Waals surface area contributed by atoms with Crippen molar-refractivity contribution in [1.82, 2.24) is 10.3 Å². The Morgan fingerprint density at radius 2 is 1.97 bits per heavy atom. The van der Waals surface area contributed by atoms with Crippen LogP contribution in [0.25, 0.3) is 0 Å². The van der Waals surface area contributed by atoms with E-state index in [1.807, 2.05) is 35.7 Å². The Morgan fingerprint density at radius 1 is 1.17 bits per heavy atom. The van der Waals surface area contributed by atoms with Gasteiger partial charge in [-0.15, -0.1) is 11.3 Å². The van der Waals surface area contributed by atoms with Gasteiger partial charge in [0.05, 0.1) is 17.1 Å². The minimum atomic E-state index is -0.217. The third-order valence-electron chi connectivity index (χ3n) is 5.20. The SMILES string of the molecule is O=C(Cc1csc(Cc2ccccc2)n1)NCC1CCN(c2ccc(F)cc2)C1. The van der Waals surface area contributed by atoms with Crippen LogP contribution in [0.3, 0.4) is 0 Å². The molecule has 4 rings (SSSR count). The smallest absolute Gasteiger partial charge is 0.226 e. The fraction of sp³-hybridized carbons (Fsp3) is 0.304. The van der Waals surface area contributed by atoms with E-state index >= 15 is 0 Å². The molecule has 1 aliphatic rings. The molecule has 29 heavy (non-hydrogen) atoms. The second-order valence-corrected chi connectivity index (χ2v) is 8.40. The molecule has 1 amide bonds. The van der Waals surface area contributed by atoms with Crippen molar-refractivity contribution in [1.29, 1.82) is 0 Å². The normalized spacial score (nSPS) is 16.2. The van der Waals surface area contributed by atoms with Crippen molar-refractivity contribution < 1.29 is 9.18 Å². The first-order valence-corrected chi connectivity index (χ1v) is 10.8. The van der Waals surface area contributed by atoms with Gasteiger partial charge in [0.15, 0.2) is 0 Å². The van der Waals surface area contributed by atoms with Crippen LogP contribution >= 0.6 is 11.3 Å². The molecule has 0 aliphatic carbocycles. The van der Waals surface area contributed by atoms with Gasteiger partial charge in [-0.25, -0.2) is 9.37 Å². The number of hydrogen-bond donors (Lipinski definition) is 1. The fourth-order valence-electron chi connectivity index (χ4n) is 3.65. The third-order valence-corrected chi connectivity index (χ3v) is 6.10.